The number of nitrogens with one attached hydrogen (secondary N) is 1. The summed E-state index contributed by atoms with van der Waals surface area (Å²) >= 11 is 3.47. The van der Waals surface area contributed by atoms with Gasteiger partial charge in [-0.05, 0) is 41.9 Å². The van der Waals surface area contributed by atoms with Crippen LogP contribution in [-0.2, 0) is 0 Å². The quantitative estimate of drug-likeness (QED) is 0.878. The average molecular weight is 338 g/mol. The Labute approximate surface area is 127 Å². The molecule has 0 radical (unpaired) electrons. The number of rotatable bonds is 5. The molecule has 1 atom stereocenters. The van der Waals surface area contributed by atoms with Crippen LogP contribution < -0.4 is 10.1 Å². The Kier molecular flexibility index (Phi) is 5.15. The molecule has 2 aromatic rings. The molecule has 0 saturated heterocycles. The Bertz CT molecular complexity index is 588. The maximum Gasteiger partial charge on any atom is 0.165 e. The van der Waals surface area contributed by atoms with Crippen molar-refractivity contribution in [3.63, 3.8) is 0 Å². The number of hydrogen-bond donors (Lipinski definition) is 1. The maximum absolute atomic E-state index is 13.9. The maximum atomic E-state index is 13.9. The first kappa shape index (κ1) is 15.0. The van der Waals surface area contributed by atoms with E-state index in [1.54, 1.807) is 6.07 Å². The van der Waals surface area contributed by atoms with Crippen molar-refractivity contribution in [1.82, 2.24) is 5.32 Å². The lowest BCUT2D eigenvalue weighted by molar-refractivity contribution is 0.385. The van der Waals surface area contributed by atoms with Crippen molar-refractivity contribution < 1.29 is 9.13 Å². The van der Waals surface area contributed by atoms with Gasteiger partial charge in [-0.3, -0.25) is 0 Å². The molecule has 0 amide bonds. The highest BCUT2D eigenvalue weighted by Gasteiger charge is 2.15. The molecule has 106 valence electrons. The van der Waals surface area contributed by atoms with Gasteiger partial charge in [0.1, 0.15) is 0 Å². The third-order valence-corrected chi connectivity index (χ3v) is 3.59. The van der Waals surface area contributed by atoms with Crippen LogP contribution in [-0.4, -0.2) is 13.7 Å². The number of ether oxygens (including phenoxy) is 1. The van der Waals surface area contributed by atoms with Gasteiger partial charge in [0.2, 0.25) is 0 Å². The molecule has 1 unspecified atom stereocenters. The van der Waals surface area contributed by atoms with Crippen molar-refractivity contribution in [1.29, 1.82) is 0 Å². The van der Waals surface area contributed by atoms with Gasteiger partial charge in [-0.15, -0.1) is 0 Å². The second-order valence-electron chi connectivity index (χ2n) is 4.44. The lowest BCUT2D eigenvalue weighted by Crippen LogP contribution is -2.22. The molecule has 2 nitrogen and oxygen atoms in total. The van der Waals surface area contributed by atoms with Crippen LogP contribution >= 0.6 is 15.9 Å². The normalized spacial score (nSPS) is 12.2. The molecular formula is C16H17BrFNO. The fraction of sp³-hybridized carbons (Fsp3) is 0.250. The van der Waals surface area contributed by atoms with Gasteiger partial charge < -0.3 is 10.1 Å². The van der Waals surface area contributed by atoms with Gasteiger partial charge in [0.15, 0.2) is 11.6 Å². The Morgan fingerprint density at radius 3 is 2.55 bits per heavy atom. The van der Waals surface area contributed by atoms with Crippen LogP contribution in [0.15, 0.2) is 46.9 Å². The molecular weight excluding hydrogens is 321 g/mol. The summed E-state index contributed by atoms with van der Waals surface area (Å²) in [6.07, 6.45) is 0. The third kappa shape index (κ3) is 3.38. The van der Waals surface area contributed by atoms with Crippen LogP contribution in [0.3, 0.4) is 0 Å². The molecule has 4 heteroatoms. The molecule has 1 N–H and O–H groups in total. The van der Waals surface area contributed by atoms with Crippen LogP contribution in [0.5, 0.6) is 5.75 Å². The van der Waals surface area contributed by atoms with Crippen molar-refractivity contribution in [2.45, 2.75) is 13.0 Å². The molecule has 2 rings (SSSR count). The van der Waals surface area contributed by atoms with E-state index < -0.39 is 0 Å². The van der Waals surface area contributed by atoms with E-state index >= 15 is 0 Å². The fourth-order valence-electron chi connectivity index (χ4n) is 2.18. The van der Waals surface area contributed by atoms with Gasteiger partial charge in [-0.1, -0.05) is 41.1 Å². The average Bonchev–Trinajstić information content (AvgIpc) is 2.44. The summed E-state index contributed by atoms with van der Waals surface area (Å²) in [6, 6.07) is 13.0. The Balaban J connectivity index is 2.40. The third-order valence-electron chi connectivity index (χ3n) is 3.10. The smallest absolute Gasteiger partial charge is 0.165 e. The molecule has 0 fully saturated rings. The van der Waals surface area contributed by atoms with Gasteiger partial charge in [0.25, 0.3) is 0 Å². The summed E-state index contributed by atoms with van der Waals surface area (Å²) < 4.78 is 19.9. The van der Waals surface area contributed by atoms with Gasteiger partial charge >= 0.3 is 0 Å². The van der Waals surface area contributed by atoms with Crippen LogP contribution in [0.4, 0.5) is 4.39 Å². The van der Waals surface area contributed by atoms with Crippen molar-refractivity contribution in [3.05, 3.63) is 63.9 Å². The van der Waals surface area contributed by atoms with Gasteiger partial charge in [0, 0.05) is 4.47 Å². The van der Waals surface area contributed by atoms with Crippen molar-refractivity contribution in [2.24, 2.45) is 0 Å². The van der Waals surface area contributed by atoms with Crippen molar-refractivity contribution in [3.8, 4) is 5.75 Å². The summed E-state index contributed by atoms with van der Waals surface area (Å²) in [5.41, 5.74) is 1.97. The highest BCUT2D eigenvalue weighted by Crippen LogP contribution is 2.27. The standard InChI is InChI=1S/C16H17BrFNO/c1-3-19-16(11-5-4-6-13(17)9-11)12-7-8-15(20-2)14(18)10-12/h4-10,16,19H,3H2,1-2H3. The summed E-state index contributed by atoms with van der Waals surface area (Å²) in [5.74, 6) is -0.0823. The number of halogens is 2. The van der Waals surface area contributed by atoms with Crippen LogP contribution in [0.2, 0.25) is 0 Å². The summed E-state index contributed by atoms with van der Waals surface area (Å²) in [4.78, 5) is 0. The molecule has 0 aliphatic rings. The first-order valence-corrected chi connectivity index (χ1v) is 7.27. The Hall–Kier alpha value is -1.39. The van der Waals surface area contributed by atoms with E-state index in [9.17, 15) is 4.39 Å². The zero-order chi connectivity index (χ0) is 14.5. The zero-order valence-electron chi connectivity index (χ0n) is 11.5. The van der Waals surface area contributed by atoms with Crippen LogP contribution in [0, 0.1) is 5.82 Å². The van der Waals surface area contributed by atoms with E-state index in [0.717, 1.165) is 22.1 Å². The minimum atomic E-state index is -0.345. The van der Waals surface area contributed by atoms with Gasteiger partial charge in [-0.2, -0.15) is 0 Å². The van der Waals surface area contributed by atoms with E-state index in [4.69, 9.17) is 4.74 Å². The van der Waals surface area contributed by atoms with Gasteiger partial charge in [-0.25, -0.2) is 4.39 Å². The van der Waals surface area contributed by atoms with E-state index in [2.05, 4.69) is 21.2 Å². The second kappa shape index (κ2) is 6.86. The first-order chi connectivity index (χ1) is 9.65. The van der Waals surface area contributed by atoms with Crippen molar-refractivity contribution in [2.75, 3.05) is 13.7 Å². The lowest BCUT2D eigenvalue weighted by Gasteiger charge is -2.19. The number of methoxy groups -OCH3 is 1. The van der Waals surface area contributed by atoms with Crippen LogP contribution in [0.1, 0.15) is 24.1 Å². The lowest BCUT2D eigenvalue weighted by atomic mass is 9.98. The molecule has 0 spiro atoms. The first-order valence-electron chi connectivity index (χ1n) is 6.48. The van der Waals surface area contributed by atoms with E-state index in [1.165, 1.54) is 13.2 Å². The monoisotopic (exact) mass is 337 g/mol. The predicted octanol–water partition coefficient (Wildman–Crippen LogP) is 4.30. The molecule has 0 heterocycles. The Morgan fingerprint density at radius 2 is 1.95 bits per heavy atom. The Morgan fingerprint density at radius 1 is 1.20 bits per heavy atom. The highest BCUT2D eigenvalue weighted by molar-refractivity contribution is 9.10. The molecule has 2 aromatic carbocycles. The largest absolute Gasteiger partial charge is 0.494 e. The fourth-order valence-corrected chi connectivity index (χ4v) is 2.60. The minimum absolute atomic E-state index is 0.0436. The summed E-state index contributed by atoms with van der Waals surface area (Å²) in [6.45, 7) is 2.83. The van der Waals surface area contributed by atoms with E-state index in [1.807, 2.05) is 37.3 Å². The highest BCUT2D eigenvalue weighted by atomic mass is 79.9. The predicted molar refractivity (Wildman–Crippen MR) is 82.6 cm³/mol. The van der Waals surface area contributed by atoms with E-state index in [-0.39, 0.29) is 17.6 Å². The molecule has 0 saturated carbocycles. The molecule has 20 heavy (non-hydrogen) atoms. The molecule has 0 aliphatic heterocycles. The molecule has 0 aromatic heterocycles. The topological polar surface area (TPSA) is 21.3 Å². The number of benzene rings is 2. The second-order valence-corrected chi connectivity index (χ2v) is 5.36. The summed E-state index contributed by atoms with van der Waals surface area (Å²) in [5, 5.41) is 3.38. The summed E-state index contributed by atoms with van der Waals surface area (Å²) in [7, 11) is 1.47. The minimum Gasteiger partial charge on any atom is -0.494 e. The molecule has 0 aliphatic carbocycles. The number of hydrogen-bond acceptors (Lipinski definition) is 2. The zero-order valence-corrected chi connectivity index (χ0v) is 13.1. The molecule has 0 bridgehead atoms. The van der Waals surface area contributed by atoms with Gasteiger partial charge in [0.05, 0.1) is 13.2 Å². The SMILES string of the molecule is CCNC(c1cccc(Br)c1)c1ccc(OC)c(F)c1. The van der Waals surface area contributed by atoms with Crippen LogP contribution in [0.25, 0.3) is 0 Å². The van der Waals surface area contributed by atoms with E-state index in [0.29, 0.717) is 0 Å². The van der Waals surface area contributed by atoms with Crippen molar-refractivity contribution >= 4 is 15.9 Å².